The SMILES string of the molecule is COC(=O)C(OCC=CCn1cnc2c(N(C(=O)OC(C)(C)C)C(=O)OC(C)(C)C)ncnc21)[P+](=O)OC. The van der Waals surface area contributed by atoms with Crippen molar-refractivity contribution in [3.63, 3.8) is 0 Å². The minimum atomic E-state index is -2.40. The van der Waals surface area contributed by atoms with E-state index in [2.05, 4.69) is 24.2 Å². The zero-order chi connectivity index (χ0) is 28.7. The van der Waals surface area contributed by atoms with Gasteiger partial charge in [0.05, 0.1) is 27.2 Å². The molecular formula is C23H33N5O9P+. The molecule has 2 unspecified atom stereocenters. The van der Waals surface area contributed by atoms with E-state index in [1.54, 1.807) is 58.3 Å². The zero-order valence-electron chi connectivity index (χ0n) is 22.7. The highest BCUT2D eigenvalue weighted by Gasteiger charge is 2.41. The van der Waals surface area contributed by atoms with E-state index in [1.807, 2.05) is 0 Å². The molecule has 0 bridgehead atoms. The summed E-state index contributed by atoms with van der Waals surface area (Å²) in [5.74, 6) is -2.28. The molecule has 15 heteroatoms. The Kier molecular flexibility index (Phi) is 10.4. The average Bonchev–Trinajstić information content (AvgIpc) is 3.22. The van der Waals surface area contributed by atoms with Gasteiger partial charge in [-0.3, -0.25) is 0 Å². The van der Waals surface area contributed by atoms with Gasteiger partial charge in [-0.25, -0.2) is 29.3 Å². The van der Waals surface area contributed by atoms with E-state index in [1.165, 1.54) is 19.8 Å². The second kappa shape index (κ2) is 12.9. The monoisotopic (exact) mass is 554 g/mol. The highest BCUT2D eigenvalue weighted by atomic mass is 31.1. The van der Waals surface area contributed by atoms with Crippen LogP contribution in [0.4, 0.5) is 15.4 Å². The first kappa shape index (κ1) is 30.7. The largest absolute Gasteiger partial charge is 0.552 e. The van der Waals surface area contributed by atoms with Gasteiger partial charge in [0.25, 0.3) is 0 Å². The van der Waals surface area contributed by atoms with E-state index in [4.69, 9.17) is 14.2 Å². The summed E-state index contributed by atoms with van der Waals surface area (Å²) in [6.07, 6.45) is 3.97. The third-order valence-electron chi connectivity index (χ3n) is 4.34. The van der Waals surface area contributed by atoms with E-state index in [9.17, 15) is 18.9 Å². The Morgan fingerprint density at radius 1 is 1.00 bits per heavy atom. The molecule has 14 nitrogen and oxygen atoms in total. The number of aromatic nitrogens is 4. The maximum absolute atomic E-state index is 13.0. The summed E-state index contributed by atoms with van der Waals surface area (Å²) >= 11 is 0. The molecule has 2 aromatic rings. The molecule has 0 spiro atoms. The summed E-state index contributed by atoms with van der Waals surface area (Å²) in [5, 5.41) is 0. The molecule has 0 aliphatic heterocycles. The summed E-state index contributed by atoms with van der Waals surface area (Å²) in [4.78, 5) is 51.0. The van der Waals surface area contributed by atoms with Crippen LogP contribution in [0.25, 0.3) is 11.2 Å². The van der Waals surface area contributed by atoms with Crippen molar-refractivity contribution >= 4 is 43.2 Å². The minimum Gasteiger partial charge on any atom is -0.464 e. The van der Waals surface area contributed by atoms with Crippen LogP contribution < -0.4 is 4.90 Å². The number of carbonyl (C=O) groups is 3. The summed E-state index contributed by atoms with van der Waals surface area (Å²) in [6, 6.07) is 0. The molecular weight excluding hydrogens is 521 g/mol. The second-order valence-electron chi connectivity index (χ2n) is 9.71. The molecule has 208 valence electrons. The van der Waals surface area contributed by atoms with Crippen molar-refractivity contribution in [2.24, 2.45) is 0 Å². The second-order valence-corrected chi connectivity index (χ2v) is 11.1. The molecule has 38 heavy (non-hydrogen) atoms. The third kappa shape index (κ3) is 8.54. The topological polar surface area (TPSA) is 161 Å². The lowest BCUT2D eigenvalue weighted by molar-refractivity contribution is -0.148. The molecule has 0 saturated heterocycles. The molecule has 0 radical (unpaired) electrons. The fraction of sp³-hybridized carbons (Fsp3) is 0.565. The zero-order valence-corrected chi connectivity index (χ0v) is 23.6. The van der Waals surface area contributed by atoms with Gasteiger partial charge in [-0.1, -0.05) is 12.2 Å². The van der Waals surface area contributed by atoms with Gasteiger partial charge in [-0.15, -0.1) is 4.52 Å². The number of carbonyl (C=O) groups excluding carboxylic acids is 3. The Bertz CT molecular complexity index is 1160. The van der Waals surface area contributed by atoms with Crippen LogP contribution in [0.1, 0.15) is 41.5 Å². The Balaban J connectivity index is 2.29. The molecule has 0 aromatic carbocycles. The first-order valence-corrected chi connectivity index (χ1v) is 12.7. The van der Waals surface area contributed by atoms with Crippen molar-refractivity contribution in [1.29, 1.82) is 0 Å². The van der Waals surface area contributed by atoms with Crippen molar-refractivity contribution in [3.05, 3.63) is 24.8 Å². The molecule has 0 fully saturated rings. The Morgan fingerprint density at radius 2 is 1.61 bits per heavy atom. The first-order chi connectivity index (χ1) is 17.7. The van der Waals surface area contributed by atoms with Gasteiger partial charge in [0, 0.05) is 6.54 Å². The van der Waals surface area contributed by atoms with Gasteiger partial charge in [0.2, 0.25) is 0 Å². The number of allylic oxidation sites excluding steroid dienone is 1. The predicted octanol–water partition coefficient (Wildman–Crippen LogP) is 3.96. The standard InChI is InChI=1S/C23H33N5O9P/c1-22(2,3)36-20(30)28(21(31)37-23(4,5)6)17-15-16(24-13-25-17)27(14-26-15)11-9-10-12-35-19(18(29)33-7)38(32)34-8/h9-10,13-14,19H,11-12H2,1-8H3/q+1. The Hall–Kier alpha value is -3.48. The number of methoxy groups -OCH3 is 1. The Morgan fingerprint density at radius 3 is 2.13 bits per heavy atom. The molecule has 2 amide bonds. The number of nitrogens with zero attached hydrogens (tertiary/aromatic N) is 5. The van der Waals surface area contributed by atoms with Gasteiger partial charge in [0.15, 0.2) is 17.0 Å². The van der Waals surface area contributed by atoms with E-state index < -0.39 is 43.2 Å². The highest BCUT2D eigenvalue weighted by molar-refractivity contribution is 7.41. The number of rotatable bonds is 9. The van der Waals surface area contributed by atoms with E-state index in [-0.39, 0.29) is 24.5 Å². The molecule has 2 rings (SSSR count). The lowest BCUT2D eigenvalue weighted by atomic mass is 10.2. The molecule has 0 N–H and O–H groups in total. The number of hydrogen-bond acceptors (Lipinski definition) is 12. The van der Waals surface area contributed by atoms with Crippen LogP contribution in [0.15, 0.2) is 24.8 Å². The maximum Gasteiger partial charge on any atom is 0.552 e. The predicted molar refractivity (Wildman–Crippen MR) is 136 cm³/mol. The molecule has 2 aromatic heterocycles. The van der Waals surface area contributed by atoms with Crippen LogP contribution in [-0.2, 0) is 39.4 Å². The van der Waals surface area contributed by atoms with E-state index in [0.29, 0.717) is 10.5 Å². The number of ether oxygens (including phenoxy) is 4. The van der Waals surface area contributed by atoms with Gasteiger partial charge in [0.1, 0.15) is 17.5 Å². The maximum atomic E-state index is 13.0. The van der Waals surface area contributed by atoms with Gasteiger partial charge < -0.3 is 23.5 Å². The van der Waals surface area contributed by atoms with Crippen LogP contribution in [0.5, 0.6) is 0 Å². The van der Waals surface area contributed by atoms with Gasteiger partial charge in [-0.05, 0) is 46.1 Å². The van der Waals surface area contributed by atoms with Gasteiger partial charge in [-0.2, -0.15) is 4.90 Å². The molecule has 0 aliphatic rings. The summed E-state index contributed by atoms with van der Waals surface area (Å²) < 4.78 is 38.8. The molecule has 0 saturated carbocycles. The van der Waals surface area contributed by atoms with E-state index >= 15 is 0 Å². The van der Waals surface area contributed by atoms with E-state index in [0.717, 1.165) is 7.11 Å². The van der Waals surface area contributed by atoms with Crippen molar-refractivity contribution < 1.29 is 42.4 Å². The third-order valence-corrected chi connectivity index (χ3v) is 5.44. The smallest absolute Gasteiger partial charge is 0.464 e. The van der Waals surface area contributed by atoms with Crippen molar-refractivity contribution in [2.75, 3.05) is 25.7 Å². The number of esters is 1. The van der Waals surface area contributed by atoms with Crippen LogP contribution in [-0.4, -0.2) is 75.5 Å². The van der Waals surface area contributed by atoms with Crippen molar-refractivity contribution in [1.82, 2.24) is 19.5 Å². The summed E-state index contributed by atoms with van der Waals surface area (Å²) in [7, 11) is -0.0511. The summed E-state index contributed by atoms with van der Waals surface area (Å²) in [6.45, 7) is 10.2. The minimum absolute atomic E-state index is 0.0534. The number of imidazole rings is 1. The fourth-order valence-corrected chi connectivity index (χ4v) is 3.52. The lowest BCUT2D eigenvalue weighted by Gasteiger charge is -2.28. The van der Waals surface area contributed by atoms with Gasteiger partial charge >= 0.3 is 32.0 Å². The van der Waals surface area contributed by atoms with Crippen molar-refractivity contribution in [2.45, 2.75) is 65.1 Å². The fourth-order valence-electron chi connectivity index (χ4n) is 2.84. The number of amides is 2. The van der Waals surface area contributed by atoms with Crippen LogP contribution in [0.2, 0.25) is 0 Å². The highest BCUT2D eigenvalue weighted by Crippen LogP contribution is 2.30. The van der Waals surface area contributed by atoms with Crippen LogP contribution in [0, 0.1) is 0 Å². The molecule has 2 heterocycles. The number of imide groups is 1. The normalized spacial score (nSPS) is 13.3. The number of hydrogen-bond donors (Lipinski definition) is 0. The Labute approximate surface area is 221 Å². The van der Waals surface area contributed by atoms with Crippen LogP contribution in [0.3, 0.4) is 0 Å². The average molecular weight is 555 g/mol. The molecule has 2 atom stereocenters. The quantitative estimate of drug-likeness (QED) is 0.190. The number of fused-ring (bicyclic) bond motifs is 1. The summed E-state index contributed by atoms with van der Waals surface area (Å²) in [5.41, 5.74) is -1.29. The number of anilines is 1. The molecule has 0 aliphatic carbocycles. The van der Waals surface area contributed by atoms with Crippen molar-refractivity contribution in [3.8, 4) is 0 Å². The van der Waals surface area contributed by atoms with Crippen LogP contribution >= 0.6 is 8.03 Å². The lowest BCUT2D eigenvalue weighted by Crippen LogP contribution is -2.44. The first-order valence-electron chi connectivity index (χ1n) is 11.4.